The minimum Gasteiger partial charge on any atom is -0.232 e. The molecule has 2 rings (SSSR count). The predicted molar refractivity (Wildman–Crippen MR) is 53.5 cm³/mol. The average molecular weight is 229 g/mol. The smallest absolute Gasteiger partial charge is 0.232 e. The first-order valence-electron chi connectivity index (χ1n) is 4.26. The Morgan fingerprint density at radius 2 is 1.80 bits per heavy atom. The molecule has 0 aliphatic heterocycles. The molecular formula is C10H7ClF2N2. The predicted octanol–water partition coefficient (Wildman–Crippen LogP) is 3.46. The van der Waals surface area contributed by atoms with Crippen LogP contribution in [-0.4, -0.2) is 9.78 Å². The number of hydrogen-bond donors (Lipinski definition) is 0. The SMILES string of the molecule is FC(F)c1ccnn1-c1ccc(Cl)cc1. The molecule has 0 saturated carbocycles. The Morgan fingerprint density at radius 1 is 1.13 bits per heavy atom. The van der Waals surface area contributed by atoms with Gasteiger partial charge < -0.3 is 0 Å². The maximum Gasteiger partial charge on any atom is 0.280 e. The Hall–Kier alpha value is -1.42. The molecule has 0 unspecified atom stereocenters. The lowest BCUT2D eigenvalue weighted by molar-refractivity contribution is 0.143. The maximum absolute atomic E-state index is 12.5. The number of halogens is 3. The maximum atomic E-state index is 12.5. The molecule has 0 aliphatic carbocycles. The second kappa shape index (κ2) is 3.98. The van der Waals surface area contributed by atoms with Crippen molar-refractivity contribution < 1.29 is 8.78 Å². The number of nitrogens with zero attached hydrogens (tertiary/aromatic N) is 2. The van der Waals surface area contributed by atoms with Gasteiger partial charge in [-0.15, -0.1) is 0 Å². The molecule has 2 nitrogen and oxygen atoms in total. The number of alkyl halides is 2. The summed E-state index contributed by atoms with van der Waals surface area (Å²) in [7, 11) is 0. The topological polar surface area (TPSA) is 17.8 Å². The quantitative estimate of drug-likeness (QED) is 0.770. The van der Waals surface area contributed by atoms with Crippen LogP contribution >= 0.6 is 11.6 Å². The second-order valence-corrected chi connectivity index (χ2v) is 3.38. The Morgan fingerprint density at radius 3 is 2.40 bits per heavy atom. The van der Waals surface area contributed by atoms with Gasteiger partial charge in [0, 0.05) is 11.2 Å². The molecule has 2 aromatic rings. The fourth-order valence-corrected chi connectivity index (χ4v) is 1.40. The van der Waals surface area contributed by atoms with Gasteiger partial charge in [-0.1, -0.05) is 11.6 Å². The van der Waals surface area contributed by atoms with E-state index in [0.29, 0.717) is 10.7 Å². The molecule has 0 N–H and O–H groups in total. The first-order chi connectivity index (χ1) is 7.18. The molecule has 1 aromatic carbocycles. The largest absolute Gasteiger partial charge is 0.280 e. The van der Waals surface area contributed by atoms with Gasteiger partial charge in [-0.3, -0.25) is 0 Å². The van der Waals surface area contributed by atoms with Gasteiger partial charge in [0.15, 0.2) is 0 Å². The van der Waals surface area contributed by atoms with Crippen molar-refractivity contribution in [3.63, 3.8) is 0 Å². The molecule has 1 heterocycles. The van der Waals surface area contributed by atoms with Gasteiger partial charge in [-0.25, -0.2) is 13.5 Å². The molecule has 15 heavy (non-hydrogen) atoms. The molecule has 78 valence electrons. The van der Waals surface area contributed by atoms with Gasteiger partial charge >= 0.3 is 0 Å². The molecule has 0 bridgehead atoms. The van der Waals surface area contributed by atoms with Crippen LogP contribution < -0.4 is 0 Å². The number of rotatable bonds is 2. The van der Waals surface area contributed by atoms with E-state index in [2.05, 4.69) is 5.10 Å². The molecule has 5 heteroatoms. The van der Waals surface area contributed by atoms with E-state index in [4.69, 9.17) is 11.6 Å². The van der Waals surface area contributed by atoms with E-state index in [0.717, 1.165) is 0 Å². The highest BCUT2D eigenvalue weighted by Crippen LogP contribution is 2.22. The standard InChI is InChI=1S/C10H7ClF2N2/c11-7-1-3-8(4-2-7)15-9(10(12)13)5-6-14-15/h1-6,10H. The lowest BCUT2D eigenvalue weighted by Crippen LogP contribution is -2.01. The molecule has 0 fully saturated rings. The van der Waals surface area contributed by atoms with E-state index in [1.54, 1.807) is 24.3 Å². The second-order valence-electron chi connectivity index (χ2n) is 2.94. The van der Waals surface area contributed by atoms with Gasteiger partial charge in [0.2, 0.25) is 0 Å². The summed E-state index contributed by atoms with van der Waals surface area (Å²) in [4.78, 5) is 0. The van der Waals surface area contributed by atoms with Gasteiger partial charge in [-0.05, 0) is 30.3 Å². The highest BCUT2D eigenvalue weighted by molar-refractivity contribution is 6.30. The van der Waals surface area contributed by atoms with E-state index in [1.807, 2.05) is 0 Å². The van der Waals surface area contributed by atoms with E-state index >= 15 is 0 Å². The van der Waals surface area contributed by atoms with Crippen molar-refractivity contribution in [2.75, 3.05) is 0 Å². The summed E-state index contributed by atoms with van der Waals surface area (Å²) in [5.41, 5.74) is 0.442. The molecule has 0 amide bonds. The summed E-state index contributed by atoms with van der Waals surface area (Å²) in [5.74, 6) is 0. The van der Waals surface area contributed by atoms with Crippen LogP contribution in [0.15, 0.2) is 36.5 Å². The summed E-state index contributed by atoms with van der Waals surface area (Å²) in [6.07, 6.45) is -1.20. The van der Waals surface area contributed by atoms with Crippen molar-refractivity contribution in [2.24, 2.45) is 0 Å². The van der Waals surface area contributed by atoms with Gasteiger partial charge in [-0.2, -0.15) is 5.10 Å². The Kier molecular flexibility index (Phi) is 2.68. The normalized spacial score (nSPS) is 10.9. The zero-order valence-electron chi connectivity index (χ0n) is 7.57. The molecule has 0 aliphatic rings. The average Bonchev–Trinajstić information content (AvgIpc) is 2.67. The monoisotopic (exact) mass is 228 g/mol. The molecule has 0 saturated heterocycles. The van der Waals surface area contributed by atoms with Crippen LogP contribution in [0, 0.1) is 0 Å². The minimum atomic E-state index is -2.54. The van der Waals surface area contributed by atoms with Crippen LogP contribution in [0.3, 0.4) is 0 Å². The van der Waals surface area contributed by atoms with Crippen molar-refractivity contribution in [2.45, 2.75) is 6.43 Å². The third kappa shape index (κ3) is 1.99. The minimum absolute atomic E-state index is 0.127. The fraction of sp³-hybridized carbons (Fsp3) is 0.100. The van der Waals surface area contributed by atoms with Gasteiger partial charge in [0.1, 0.15) is 5.69 Å². The van der Waals surface area contributed by atoms with Crippen molar-refractivity contribution in [1.82, 2.24) is 9.78 Å². The third-order valence-electron chi connectivity index (χ3n) is 1.97. The van der Waals surface area contributed by atoms with Crippen molar-refractivity contribution in [1.29, 1.82) is 0 Å². The van der Waals surface area contributed by atoms with Crippen LogP contribution in [0.1, 0.15) is 12.1 Å². The summed E-state index contributed by atoms with van der Waals surface area (Å²) in [6.45, 7) is 0. The van der Waals surface area contributed by atoms with Crippen molar-refractivity contribution in [3.8, 4) is 5.69 Å². The van der Waals surface area contributed by atoms with E-state index in [1.165, 1.54) is 16.9 Å². The zero-order chi connectivity index (χ0) is 10.8. The molecule has 0 atom stereocenters. The van der Waals surface area contributed by atoms with E-state index in [9.17, 15) is 8.78 Å². The van der Waals surface area contributed by atoms with Crippen LogP contribution in [-0.2, 0) is 0 Å². The van der Waals surface area contributed by atoms with Gasteiger partial charge in [0.25, 0.3) is 6.43 Å². The molecule has 0 radical (unpaired) electrons. The van der Waals surface area contributed by atoms with Crippen molar-refractivity contribution in [3.05, 3.63) is 47.2 Å². The highest BCUT2D eigenvalue weighted by atomic mass is 35.5. The first kappa shape index (κ1) is 10.1. The zero-order valence-corrected chi connectivity index (χ0v) is 8.33. The number of aromatic nitrogens is 2. The summed E-state index contributed by atoms with van der Waals surface area (Å²) in [5, 5.41) is 4.39. The van der Waals surface area contributed by atoms with E-state index in [-0.39, 0.29) is 5.69 Å². The summed E-state index contributed by atoms with van der Waals surface area (Å²) in [6, 6.07) is 7.84. The first-order valence-corrected chi connectivity index (χ1v) is 4.64. The third-order valence-corrected chi connectivity index (χ3v) is 2.22. The lowest BCUT2D eigenvalue weighted by atomic mass is 10.3. The van der Waals surface area contributed by atoms with Gasteiger partial charge in [0.05, 0.1) is 5.69 Å². The number of hydrogen-bond acceptors (Lipinski definition) is 1. The molecular weight excluding hydrogens is 222 g/mol. The Balaban J connectivity index is 2.45. The Labute approximate surface area is 90.1 Å². The van der Waals surface area contributed by atoms with Crippen LogP contribution in [0.5, 0.6) is 0 Å². The molecule has 1 aromatic heterocycles. The Bertz CT molecular complexity index is 451. The summed E-state index contributed by atoms with van der Waals surface area (Å²) < 4.78 is 26.3. The fourth-order valence-electron chi connectivity index (χ4n) is 1.28. The molecule has 0 spiro atoms. The van der Waals surface area contributed by atoms with Crippen molar-refractivity contribution >= 4 is 11.6 Å². The lowest BCUT2D eigenvalue weighted by Gasteiger charge is -2.06. The van der Waals surface area contributed by atoms with Crippen LogP contribution in [0.25, 0.3) is 5.69 Å². The van der Waals surface area contributed by atoms with Crippen LogP contribution in [0.2, 0.25) is 5.02 Å². The van der Waals surface area contributed by atoms with E-state index < -0.39 is 6.43 Å². The highest BCUT2D eigenvalue weighted by Gasteiger charge is 2.14. The van der Waals surface area contributed by atoms with Crippen LogP contribution in [0.4, 0.5) is 8.78 Å². The number of benzene rings is 1. The summed E-state index contributed by atoms with van der Waals surface area (Å²) >= 11 is 5.70.